The Bertz CT molecular complexity index is 1300. The second-order valence-corrected chi connectivity index (χ2v) is 7.24. The van der Waals surface area contributed by atoms with Crippen molar-refractivity contribution in [2.45, 2.75) is 19.6 Å². The number of aryl methyl sites for hydroxylation is 2. The standard InChI is InChI=1S/C22H23ClN4O4/c1-4-16(23)10-6-5-7-12-27-18-19(25(2)22(30)26(3)20(18)29)24-21(27)31-17-11-8-9-15(13-17)14-28/h4-6,8-11,13,28H,1,7,12,14H2,2-3H3/b6-5-,16-10+. The molecule has 162 valence electrons. The number of imidazole rings is 1. The van der Waals surface area contributed by atoms with Crippen molar-refractivity contribution in [2.75, 3.05) is 0 Å². The Labute approximate surface area is 183 Å². The minimum atomic E-state index is -0.472. The normalized spacial score (nSPS) is 12.1. The molecular formula is C22H23ClN4O4. The summed E-state index contributed by atoms with van der Waals surface area (Å²) in [4.78, 5) is 29.6. The maximum Gasteiger partial charge on any atom is 0.332 e. The number of aromatic nitrogens is 4. The zero-order valence-corrected chi connectivity index (χ0v) is 18.0. The molecule has 2 aromatic heterocycles. The fourth-order valence-electron chi connectivity index (χ4n) is 3.05. The van der Waals surface area contributed by atoms with Gasteiger partial charge in [-0.3, -0.25) is 18.5 Å². The van der Waals surface area contributed by atoms with Crippen LogP contribution in [-0.4, -0.2) is 23.8 Å². The van der Waals surface area contributed by atoms with Crippen LogP contribution in [0.15, 0.2) is 69.8 Å². The van der Waals surface area contributed by atoms with Gasteiger partial charge in [0.05, 0.1) is 6.61 Å². The Morgan fingerprint density at radius 2 is 2.06 bits per heavy atom. The number of ether oxygens (including phenoxy) is 1. The second-order valence-electron chi connectivity index (χ2n) is 6.80. The Morgan fingerprint density at radius 3 is 2.77 bits per heavy atom. The van der Waals surface area contributed by atoms with Crippen molar-refractivity contribution in [2.24, 2.45) is 14.1 Å². The van der Waals surface area contributed by atoms with E-state index in [0.29, 0.717) is 29.3 Å². The monoisotopic (exact) mass is 442 g/mol. The maximum atomic E-state index is 12.8. The predicted octanol–water partition coefficient (Wildman–Crippen LogP) is 2.97. The number of rotatable bonds is 8. The molecule has 0 aliphatic carbocycles. The summed E-state index contributed by atoms with van der Waals surface area (Å²) in [7, 11) is 2.98. The van der Waals surface area contributed by atoms with Crippen LogP contribution < -0.4 is 16.0 Å². The number of aliphatic hydroxyl groups is 1. The first-order valence-electron chi connectivity index (χ1n) is 9.56. The van der Waals surface area contributed by atoms with E-state index in [1.807, 2.05) is 6.08 Å². The molecule has 0 radical (unpaired) electrons. The molecule has 0 saturated heterocycles. The fraction of sp³-hybridized carbons (Fsp3) is 0.227. The summed E-state index contributed by atoms with van der Waals surface area (Å²) in [5, 5.41) is 9.88. The van der Waals surface area contributed by atoms with Gasteiger partial charge in [-0.25, -0.2) is 4.79 Å². The van der Waals surface area contributed by atoms with Crippen LogP contribution in [0.5, 0.6) is 11.8 Å². The van der Waals surface area contributed by atoms with Gasteiger partial charge in [-0.1, -0.05) is 48.5 Å². The molecule has 9 heteroatoms. The number of hydrogen-bond acceptors (Lipinski definition) is 5. The predicted molar refractivity (Wildman–Crippen MR) is 121 cm³/mol. The lowest BCUT2D eigenvalue weighted by molar-refractivity contribution is 0.281. The minimum Gasteiger partial charge on any atom is -0.425 e. The lowest BCUT2D eigenvalue weighted by Crippen LogP contribution is -2.37. The van der Waals surface area contributed by atoms with Crippen molar-refractivity contribution in [1.29, 1.82) is 0 Å². The van der Waals surface area contributed by atoms with E-state index in [-0.39, 0.29) is 23.8 Å². The Morgan fingerprint density at radius 1 is 1.29 bits per heavy atom. The van der Waals surface area contributed by atoms with Gasteiger partial charge < -0.3 is 9.84 Å². The Balaban J connectivity index is 2.07. The number of halogens is 1. The highest BCUT2D eigenvalue weighted by Crippen LogP contribution is 2.25. The molecule has 31 heavy (non-hydrogen) atoms. The highest BCUT2D eigenvalue weighted by atomic mass is 35.5. The Kier molecular flexibility index (Phi) is 6.94. The molecule has 0 saturated carbocycles. The van der Waals surface area contributed by atoms with E-state index in [2.05, 4.69) is 11.6 Å². The topological polar surface area (TPSA) is 91.3 Å². The van der Waals surface area contributed by atoms with Crippen LogP contribution in [0, 0.1) is 0 Å². The van der Waals surface area contributed by atoms with Crippen LogP contribution in [0.2, 0.25) is 0 Å². The van der Waals surface area contributed by atoms with Gasteiger partial charge in [-0.15, -0.1) is 0 Å². The molecule has 8 nitrogen and oxygen atoms in total. The molecule has 3 aromatic rings. The van der Waals surface area contributed by atoms with E-state index in [1.165, 1.54) is 17.7 Å². The first kappa shape index (κ1) is 22.3. The molecule has 1 aromatic carbocycles. The SMILES string of the molecule is C=C/C(Cl)=C\C=C/CCn1c(Oc2cccc(CO)c2)nc2c1c(=O)n(C)c(=O)n2C. The number of nitrogens with zero attached hydrogens (tertiary/aromatic N) is 4. The largest absolute Gasteiger partial charge is 0.425 e. The molecule has 0 amide bonds. The minimum absolute atomic E-state index is 0.131. The lowest BCUT2D eigenvalue weighted by atomic mass is 10.2. The van der Waals surface area contributed by atoms with Crippen molar-refractivity contribution < 1.29 is 9.84 Å². The van der Waals surface area contributed by atoms with E-state index in [4.69, 9.17) is 16.3 Å². The smallest absolute Gasteiger partial charge is 0.332 e. The van der Waals surface area contributed by atoms with Gasteiger partial charge in [0.15, 0.2) is 11.2 Å². The van der Waals surface area contributed by atoms with Crippen molar-refractivity contribution in [3.8, 4) is 11.8 Å². The van der Waals surface area contributed by atoms with Crippen molar-refractivity contribution >= 4 is 22.8 Å². The first-order chi connectivity index (χ1) is 14.9. The van der Waals surface area contributed by atoms with Crippen molar-refractivity contribution in [1.82, 2.24) is 18.7 Å². The number of fused-ring (bicyclic) bond motifs is 1. The average molecular weight is 443 g/mol. The van der Waals surface area contributed by atoms with Gasteiger partial charge in [-0.05, 0) is 30.2 Å². The molecule has 0 bridgehead atoms. The molecule has 2 heterocycles. The number of aliphatic hydroxyl groups excluding tert-OH is 1. The summed E-state index contributed by atoms with van der Waals surface area (Å²) in [6.07, 6.45) is 7.48. The first-order valence-corrected chi connectivity index (χ1v) is 9.93. The quantitative estimate of drug-likeness (QED) is 0.541. The summed E-state index contributed by atoms with van der Waals surface area (Å²) in [6.45, 7) is 3.84. The van der Waals surface area contributed by atoms with Gasteiger partial charge in [-0.2, -0.15) is 4.98 Å². The summed E-state index contributed by atoms with van der Waals surface area (Å²) < 4.78 is 9.94. The highest BCUT2D eigenvalue weighted by Gasteiger charge is 2.20. The van der Waals surface area contributed by atoms with Crippen LogP contribution in [0.1, 0.15) is 12.0 Å². The molecule has 0 aliphatic rings. The van der Waals surface area contributed by atoms with E-state index in [9.17, 15) is 14.7 Å². The van der Waals surface area contributed by atoms with Gasteiger partial charge in [0, 0.05) is 25.7 Å². The van der Waals surface area contributed by atoms with Gasteiger partial charge in [0.1, 0.15) is 5.75 Å². The van der Waals surface area contributed by atoms with Gasteiger partial charge in [0.2, 0.25) is 0 Å². The third-order valence-corrected chi connectivity index (χ3v) is 4.99. The van der Waals surface area contributed by atoms with E-state index in [1.54, 1.807) is 48.0 Å². The number of benzene rings is 1. The third kappa shape index (κ3) is 4.70. The van der Waals surface area contributed by atoms with Crippen molar-refractivity contribution in [3.63, 3.8) is 0 Å². The number of hydrogen-bond donors (Lipinski definition) is 1. The Hall–Kier alpha value is -3.36. The summed E-state index contributed by atoms with van der Waals surface area (Å²) in [6, 6.07) is 7.10. The maximum absolute atomic E-state index is 12.8. The average Bonchev–Trinajstić information content (AvgIpc) is 3.14. The van der Waals surface area contributed by atoms with E-state index in [0.717, 1.165) is 4.57 Å². The molecule has 0 aliphatic heterocycles. The summed E-state index contributed by atoms with van der Waals surface area (Å²) >= 11 is 5.89. The molecule has 0 spiro atoms. The van der Waals surface area contributed by atoms with Crippen LogP contribution >= 0.6 is 11.6 Å². The van der Waals surface area contributed by atoms with E-state index < -0.39 is 11.2 Å². The van der Waals surface area contributed by atoms with Crippen LogP contribution in [0.4, 0.5) is 0 Å². The molecule has 3 rings (SSSR count). The molecule has 1 N–H and O–H groups in total. The van der Waals surface area contributed by atoms with Crippen LogP contribution in [-0.2, 0) is 27.2 Å². The van der Waals surface area contributed by atoms with Crippen LogP contribution in [0.25, 0.3) is 11.2 Å². The molecular weight excluding hydrogens is 420 g/mol. The molecule has 0 unspecified atom stereocenters. The third-order valence-electron chi connectivity index (χ3n) is 4.71. The fourth-order valence-corrected chi connectivity index (χ4v) is 3.13. The van der Waals surface area contributed by atoms with Crippen LogP contribution in [0.3, 0.4) is 0 Å². The number of allylic oxidation sites excluding steroid dienone is 5. The zero-order chi connectivity index (χ0) is 22.5. The van der Waals surface area contributed by atoms with Gasteiger partial charge in [0.25, 0.3) is 5.56 Å². The zero-order valence-electron chi connectivity index (χ0n) is 17.3. The summed E-state index contributed by atoms with van der Waals surface area (Å²) in [5.41, 5.74) is 0.256. The highest BCUT2D eigenvalue weighted by molar-refractivity contribution is 6.31. The second kappa shape index (κ2) is 9.63. The summed E-state index contributed by atoms with van der Waals surface area (Å²) in [5.74, 6) is 0.459. The van der Waals surface area contributed by atoms with Gasteiger partial charge >= 0.3 is 11.7 Å². The van der Waals surface area contributed by atoms with E-state index >= 15 is 0 Å². The lowest BCUT2D eigenvalue weighted by Gasteiger charge is -2.09. The van der Waals surface area contributed by atoms with Crippen molar-refractivity contribution in [3.05, 3.63) is 86.6 Å². The molecule has 0 fully saturated rings. The molecule has 0 atom stereocenters.